The Bertz CT molecular complexity index is 573. The molecule has 0 spiro atoms. The molecule has 0 saturated heterocycles. The van der Waals surface area contributed by atoms with Gasteiger partial charge in [-0.1, -0.05) is 0 Å². The molecule has 0 atom stereocenters. The highest BCUT2D eigenvalue weighted by Crippen LogP contribution is 2.12. The summed E-state index contributed by atoms with van der Waals surface area (Å²) >= 11 is 0. The first-order valence-corrected chi connectivity index (χ1v) is 6.02. The number of ether oxygens (including phenoxy) is 1. The van der Waals surface area contributed by atoms with Gasteiger partial charge < -0.3 is 14.4 Å². The van der Waals surface area contributed by atoms with Crippen LogP contribution in [0.5, 0.6) is 5.75 Å². The lowest BCUT2D eigenvalue weighted by Crippen LogP contribution is -2.08. The molecule has 0 fully saturated rings. The van der Waals surface area contributed by atoms with Gasteiger partial charge in [0.05, 0.1) is 24.1 Å². The Morgan fingerprint density at radius 1 is 1.32 bits per heavy atom. The molecule has 100 valence electrons. The van der Waals surface area contributed by atoms with Crippen molar-refractivity contribution in [1.82, 2.24) is 9.55 Å². The Labute approximate surface area is 111 Å². The molecule has 0 aliphatic heterocycles. The third kappa shape index (κ3) is 3.13. The normalized spacial score (nSPS) is 10.4. The molecule has 0 unspecified atom stereocenters. The topological polar surface area (TPSA) is 64.4 Å². The molecule has 1 aromatic heterocycles. The van der Waals surface area contributed by atoms with Gasteiger partial charge in [-0.2, -0.15) is 0 Å². The van der Waals surface area contributed by atoms with E-state index in [9.17, 15) is 4.79 Å². The average molecular weight is 260 g/mol. The molecule has 0 saturated carbocycles. The standard InChI is InChI=1S/C14H16N2O3/c1-10-11(2)16(9-15-10)7-8-19-13-5-3-12(4-6-13)14(17)18/h3-6,9H,7-8H2,1-2H3,(H,17,18). The van der Waals surface area contributed by atoms with Crippen LogP contribution in [0.4, 0.5) is 0 Å². The van der Waals surface area contributed by atoms with Crippen LogP contribution in [0.1, 0.15) is 21.7 Å². The highest BCUT2D eigenvalue weighted by atomic mass is 16.5. The van der Waals surface area contributed by atoms with Crippen molar-refractivity contribution in [3.63, 3.8) is 0 Å². The fourth-order valence-electron chi connectivity index (χ4n) is 1.73. The van der Waals surface area contributed by atoms with Gasteiger partial charge >= 0.3 is 5.97 Å². The van der Waals surface area contributed by atoms with Gasteiger partial charge in [-0.25, -0.2) is 9.78 Å². The molecule has 0 aliphatic rings. The number of benzene rings is 1. The minimum absolute atomic E-state index is 0.258. The van der Waals surface area contributed by atoms with Gasteiger partial charge in [0.25, 0.3) is 0 Å². The molecular formula is C14H16N2O3. The number of aryl methyl sites for hydroxylation is 1. The lowest BCUT2D eigenvalue weighted by Gasteiger charge is -2.08. The van der Waals surface area contributed by atoms with Crippen molar-refractivity contribution in [2.24, 2.45) is 0 Å². The smallest absolute Gasteiger partial charge is 0.335 e. The van der Waals surface area contributed by atoms with Gasteiger partial charge in [0.15, 0.2) is 0 Å². The Morgan fingerprint density at radius 2 is 2.00 bits per heavy atom. The van der Waals surface area contributed by atoms with Gasteiger partial charge in [-0.05, 0) is 38.1 Å². The third-order valence-corrected chi connectivity index (χ3v) is 3.05. The summed E-state index contributed by atoms with van der Waals surface area (Å²) in [6.07, 6.45) is 1.79. The summed E-state index contributed by atoms with van der Waals surface area (Å²) < 4.78 is 7.60. The molecule has 5 nitrogen and oxygen atoms in total. The molecule has 1 aromatic carbocycles. The Morgan fingerprint density at radius 3 is 2.53 bits per heavy atom. The maximum absolute atomic E-state index is 10.7. The van der Waals surface area contributed by atoms with Crippen molar-refractivity contribution < 1.29 is 14.6 Å². The van der Waals surface area contributed by atoms with E-state index in [-0.39, 0.29) is 5.56 Å². The summed E-state index contributed by atoms with van der Waals surface area (Å²) in [6.45, 7) is 5.22. The quantitative estimate of drug-likeness (QED) is 0.895. The van der Waals surface area contributed by atoms with Crippen molar-refractivity contribution in [1.29, 1.82) is 0 Å². The summed E-state index contributed by atoms with van der Waals surface area (Å²) in [5, 5.41) is 8.78. The highest BCUT2D eigenvalue weighted by molar-refractivity contribution is 5.87. The number of aromatic carboxylic acids is 1. The molecule has 0 bridgehead atoms. The zero-order valence-electron chi connectivity index (χ0n) is 11.0. The molecular weight excluding hydrogens is 244 g/mol. The van der Waals surface area contributed by atoms with E-state index in [1.54, 1.807) is 18.5 Å². The summed E-state index contributed by atoms with van der Waals surface area (Å²) in [4.78, 5) is 14.9. The highest BCUT2D eigenvalue weighted by Gasteiger charge is 2.03. The third-order valence-electron chi connectivity index (χ3n) is 3.05. The average Bonchev–Trinajstić information content (AvgIpc) is 2.71. The summed E-state index contributed by atoms with van der Waals surface area (Å²) in [5.41, 5.74) is 2.41. The second-order valence-corrected chi connectivity index (χ2v) is 4.29. The van der Waals surface area contributed by atoms with Crippen LogP contribution >= 0.6 is 0 Å². The van der Waals surface area contributed by atoms with Crippen LogP contribution in [0.2, 0.25) is 0 Å². The van der Waals surface area contributed by atoms with E-state index in [1.165, 1.54) is 12.1 Å². The number of hydrogen-bond donors (Lipinski definition) is 1. The molecule has 19 heavy (non-hydrogen) atoms. The van der Waals surface area contributed by atoms with Gasteiger partial charge in [-0.3, -0.25) is 0 Å². The summed E-state index contributed by atoms with van der Waals surface area (Å²) in [6, 6.07) is 6.39. The number of imidazole rings is 1. The van der Waals surface area contributed by atoms with E-state index >= 15 is 0 Å². The Hall–Kier alpha value is -2.30. The van der Waals surface area contributed by atoms with Crippen LogP contribution in [-0.4, -0.2) is 27.2 Å². The van der Waals surface area contributed by atoms with Crippen LogP contribution in [0.15, 0.2) is 30.6 Å². The zero-order valence-corrected chi connectivity index (χ0v) is 11.0. The lowest BCUT2D eigenvalue weighted by atomic mass is 10.2. The van der Waals surface area contributed by atoms with Gasteiger partial charge in [0.2, 0.25) is 0 Å². The second-order valence-electron chi connectivity index (χ2n) is 4.29. The summed E-state index contributed by atoms with van der Waals surface area (Å²) in [5.74, 6) is -0.268. The zero-order chi connectivity index (χ0) is 13.8. The van der Waals surface area contributed by atoms with Crippen molar-refractivity contribution in [2.45, 2.75) is 20.4 Å². The lowest BCUT2D eigenvalue weighted by molar-refractivity contribution is 0.0697. The maximum Gasteiger partial charge on any atom is 0.335 e. The summed E-state index contributed by atoms with van der Waals surface area (Å²) in [7, 11) is 0. The molecule has 5 heteroatoms. The van der Waals surface area contributed by atoms with Gasteiger partial charge in [0.1, 0.15) is 12.4 Å². The van der Waals surface area contributed by atoms with Crippen LogP contribution in [-0.2, 0) is 6.54 Å². The van der Waals surface area contributed by atoms with E-state index in [4.69, 9.17) is 9.84 Å². The van der Waals surface area contributed by atoms with E-state index in [0.717, 1.165) is 11.4 Å². The first-order valence-electron chi connectivity index (χ1n) is 6.02. The van der Waals surface area contributed by atoms with Gasteiger partial charge in [-0.15, -0.1) is 0 Å². The minimum atomic E-state index is -0.934. The van der Waals surface area contributed by atoms with Crippen molar-refractivity contribution in [2.75, 3.05) is 6.61 Å². The number of carboxylic acids is 1. The molecule has 2 rings (SSSR count). The Balaban J connectivity index is 1.89. The molecule has 1 N–H and O–H groups in total. The number of carboxylic acid groups (broad SMARTS) is 1. The number of rotatable bonds is 5. The predicted octanol–water partition coefficient (Wildman–Crippen LogP) is 2.28. The van der Waals surface area contributed by atoms with Crippen LogP contribution in [0, 0.1) is 13.8 Å². The minimum Gasteiger partial charge on any atom is -0.492 e. The van der Waals surface area contributed by atoms with E-state index < -0.39 is 5.97 Å². The molecule has 0 aliphatic carbocycles. The molecule has 2 aromatic rings. The number of aromatic nitrogens is 2. The first kappa shape index (κ1) is 13.1. The van der Waals surface area contributed by atoms with E-state index in [0.29, 0.717) is 18.9 Å². The van der Waals surface area contributed by atoms with Crippen LogP contribution < -0.4 is 4.74 Å². The molecule has 0 amide bonds. The fourth-order valence-corrected chi connectivity index (χ4v) is 1.73. The largest absolute Gasteiger partial charge is 0.492 e. The van der Waals surface area contributed by atoms with Gasteiger partial charge in [0, 0.05) is 5.69 Å². The van der Waals surface area contributed by atoms with E-state index in [1.807, 2.05) is 18.4 Å². The number of hydrogen-bond acceptors (Lipinski definition) is 3. The van der Waals surface area contributed by atoms with Crippen molar-refractivity contribution >= 4 is 5.97 Å². The second kappa shape index (κ2) is 5.56. The number of nitrogens with zero attached hydrogens (tertiary/aromatic N) is 2. The molecule has 1 heterocycles. The van der Waals surface area contributed by atoms with Crippen LogP contribution in [0.3, 0.4) is 0 Å². The number of carbonyl (C=O) groups is 1. The predicted molar refractivity (Wildman–Crippen MR) is 70.6 cm³/mol. The van der Waals surface area contributed by atoms with E-state index in [2.05, 4.69) is 4.98 Å². The molecule has 0 radical (unpaired) electrons. The Kier molecular flexibility index (Phi) is 3.85. The van der Waals surface area contributed by atoms with Crippen molar-refractivity contribution in [3.05, 3.63) is 47.5 Å². The SMILES string of the molecule is Cc1ncn(CCOc2ccc(C(=O)O)cc2)c1C. The fraction of sp³-hybridized carbons (Fsp3) is 0.286. The first-order chi connectivity index (χ1) is 9.08. The maximum atomic E-state index is 10.7. The van der Waals surface area contributed by atoms with Crippen LogP contribution in [0.25, 0.3) is 0 Å². The monoisotopic (exact) mass is 260 g/mol. The van der Waals surface area contributed by atoms with Crippen molar-refractivity contribution in [3.8, 4) is 5.75 Å².